The third-order valence-corrected chi connectivity index (χ3v) is 7.63. The Balaban J connectivity index is 1.20. The highest BCUT2D eigenvalue weighted by Crippen LogP contribution is 2.36. The predicted octanol–water partition coefficient (Wildman–Crippen LogP) is 3.82. The molecule has 3 aromatic rings. The van der Waals surface area contributed by atoms with Gasteiger partial charge in [-0.25, -0.2) is 9.97 Å². The number of thiophene rings is 1. The Bertz CT molecular complexity index is 1140. The van der Waals surface area contributed by atoms with Crippen LogP contribution in [0.15, 0.2) is 30.6 Å². The van der Waals surface area contributed by atoms with Crippen LogP contribution in [0.1, 0.15) is 23.3 Å². The average molecular weight is 453 g/mol. The van der Waals surface area contributed by atoms with E-state index in [1.807, 2.05) is 31.3 Å². The first kappa shape index (κ1) is 21.0. The van der Waals surface area contributed by atoms with Gasteiger partial charge in [0.15, 0.2) is 17.6 Å². The molecule has 2 aliphatic rings. The maximum atomic E-state index is 13.1. The van der Waals surface area contributed by atoms with Crippen LogP contribution in [0, 0.1) is 19.8 Å². The lowest BCUT2D eigenvalue weighted by molar-refractivity contribution is -0.136. The number of fused-ring (bicyclic) bond motifs is 2. The summed E-state index contributed by atoms with van der Waals surface area (Å²) >= 11 is 1.72. The summed E-state index contributed by atoms with van der Waals surface area (Å²) in [6.07, 6.45) is 3.14. The van der Waals surface area contributed by atoms with Gasteiger partial charge in [0.2, 0.25) is 5.91 Å². The first-order chi connectivity index (χ1) is 15.5. The number of likely N-dealkylation sites (N-methyl/N-ethyl adjacent to an activating group) is 1. The van der Waals surface area contributed by atoms with Gasteiger partial charge in [-0.3, -0.25) is 4.79 Å². The first-order valence-electron chi connectivity index (χ1n) is 11.1. The summed E-state index contributed by atoms with van der Waals surface area (Å²) in [5, 5.41) is 1.16. The van der Waals surface area contributed by atoms with Crippen LogP contribution in [0.4, 0.5) is 5.82 Å². The van der Waals surface area contributed by atoms with Gasteiger partial charge >= 0.3 is 0 Å². The molecule has 1 aromatic carbocycles. The van der Waals surface area contributed by atoms with E-state index in [1.165, 1.54) is 10.4 Å². The zero-order valence-corrected chi connectivity index (χ0v) is 19.5. The Kier molecular flexibility index (Phi) is 5.63. The van der Waals surface area contributed by atoms with Crippen molar-refractivity contribution >= 4 is 33.3 Å². The number of para-hydroxylation sites is 2. The zero-order valence-electron chi connectivity index (χ0n) is 18.7. The van der Waals surface area contributed by atoms with Gasteiger partial charge in [0.25, 0.3) is 0 Å². The molecule has 1 amide bonds. The van der Waals surface area contributed by atoms with Gasteiger partial charge in [0.1, 0.15) is 23.6 Å². The predicted molar refractivity (Wildman–Crippen MR) is 126 cm³/mol. The van der Waals surface area contributed by atoms with Crippen molar-refractivity contribution in [1.29, 1.82) is 0 Å². The molecule has 168 valence electrons. The molecule has 1 saturated heterocycles. The molecular formula is C24H28N4O3S. The van der Waals surface area contributed by atoms with Crippen LogP contribution in [0.5, 0.6) is 11.5 Å². The van der Waals surface area contributed by atoms with Gasteiger partial charge in [0, 0.05) is 30.9 Å². The number of hydrogen-bond acceptors (Lipinski definition) is 7. The number of rotatable bonds is 4. The molecule has 7 nitrogen and oxygen atoms in total. The highest BCUT2D eigenvalue weighted by molar-refractivity contribution is 7.18. The van der Waals surface area contributed by atoms with Gasteiger partial charge in [0.05, 0.1) is 11.9 Å². The lowest BCUT2D eigenvalue weighted by atomic mass is 9.95. The number of carbonyl (C=O) groups is 1. The lowest BCUT2D eigenvalue weighted by Gasteiger charge is -2.35. The quantitative estimate of drug-likeness (QED) is 0.600. The van der Waals surface area contributed by atoms with Crippen molar-refractivity contribution in [2.24, 2.45) is 5.92 Å². The lowest BCUT2D eigenvalue weighted by Crippen LogP contribution is -2.46. The number of ether oxygens (including phenoxy) is 2. The fourth-order valence-electron chi connectivity index (χ4n) is 4.60. The second-order valence-electron chi connectivity index (χ2n) is 8.64. The molecule has 0 radical (unpaired) electrons. The molecule has 0 saturated carbocycles. The van der Waals surface area contributed by atoms with Crippen LogP contribution in [0.25, 0.3) is 10.2 Å². The fraction of sp³-hybridized carbons (Fsp3) is 0.458. The largest absolute Gasteiger partial charge is 0.486 e. The molecule has 0 bridgehead atoms. The Hall–Kier alpha value is -2.87. The van der Waals surface area contributed by atoms with Crippen molar-refractivity contribution in [2.45, 2.75) is 32.8 Å². The molecule has 0 aliphatic carbocycles. The number of benzene rings is 1. The molecule has 2 aromatic heterocycles. The topological polar surface area (TPSA) is 67.8 Å². The summed E-state index contributed by atoms with van der Waals surface area (Å²) in [4.78, 5) is 28.6. The number of anilines is 1. The van der Waals surface area contributed by atoms with Gasteiger partial charge < -0.3 is 19.3 Å². The van der Waals surface area contributed by atoms with E-state index in [0.717, 1.165) is 53.5 Å². The summed E-state index contributed by atoms with van der Waals surface area (Å²) < 4.78 is 11.8. The number of hydrogen-bond donors (Lipinski definition) is 0. The zero-order chi connectivity index (χ0) is 22.2. The first-order valence-corrected chi connectivity index (χ1v) is 11.9. The third kappa shape index (κ3) is 3.88. The van der Waals surface area contributed by atoms with E-state index in [9.17, 15) is 4.79 Å². The molecule has 0 spiro atoms. The van der Waals surface area contributed by atoms with E-state index < -0.39 is 0 Å². The van der Waals surface area contributed by atoms with E-state index >= 15 is 0 Å². The van der Waals surface area contributed by atoms with Crippen LogP contribution < -0.4 is 14.4 Å². The van der Waals surface area contributed by atoms with E-state index in [0.29, 0.717) is 13.2 Å². The molecule has 0 N–H and O–H groups in total. The maximum absolute atomic E-state index is 13.1. The second kappa shape index (κ2) is 8.58. The number of nitrogens with zero attached hydrogens (tertiary/aromatic N) is 4. The van der Waals surface area contributed by atoms with Crippen molar-refractivity contribution < 1.29 is 14.3 Å². The molecule has 2 aliphatic heterocycles. The standard InChI is InChI=1S/C24H28N4O3S/c1-15-16(2)32-23-21(15)22(25-14-26-23)28-10-8-17(9-11-28)24(29)27(3)12-18-13-30-19-6-4-5-7-20(19)31-18/h4-7,14,17-18H,8-13H2,1-3H3/t18-/m0/s1. The number of piperidine rings is 1. The third-order valence-electron chi connectivity index (χ3n) is 6.51. The SMILES string of the molecule is Cc1sc2ncnc(N3CCC(C(=O)N(C)C[C@H]4COc5ccccc5O4)CC3)c2c1C. The molecule has 4 heterocycles. The van der Waals surface area contributed by atoms with E-state index in [1.54, 1.807) is 22.6 Å². The van der Waals surface area contributed by atoms with Gasteiger partial charge in [-0.15, -0.1) is 11.3 Å². The van der Waals surface area contributed by atoms with Crippen LogP contribution in [0.2, 0.25) is 0 Å². The van der Waals surface area contributed by atoms with E-state index in [4.69, 9.17) is 9.47 Å². The van der Waals surface area contributed by atoms with Gasteiger partial charge in [-0.1, -0.05) is 12.1 Å². The number of aryl methyl sites for hydroxylation is 2. The van der Waals surface area contributed by atoms with Crippen LogP contribution in [0.3, 0.4) is 0 Å². The smallest absolute Gasteiger partial charge is 0.225 e. The van der Waals surface area contributed by atoms with Crippen molar-refractivity contribution in [3.8, 4) is 11.5 Å². The Morgan fingerprint density at radius 2 is 1.94 bits per heavy atom. The molecule has 8 heteroatoms. The summed E-state index contributed by atoms with van der Waals surface area (Å²) in [6, 6.07) is 7.66. The number of amides is 1. The highest BCUT2D eigenvalue weighted by atomic mass is 32.1. The molecular weight excluding hydrogens is 424 g/mol. The van der Waals surface area contributed by atoms with Crippen molar-refractivity contribution in [3.63, 3.8) is 0 Å². The molecule has 0 unspecified atom stereocenters. The Labute approximate surface area is 192 Å². The van der Waals surface area contributed by atoms with Crippen LogP contribution >= 0.6 is 11.3 Å². The Morgan fingerprint density at radius 1 is 1.19 bits per heavy atom. The molecule has 5 rings (SSSR count). The number of carbonyl (C=O) groups excluding carboxylic acids is 1. The molecule has 1 fully saturated rings. The van der Waals surface area contributed by atoms with Crippen molar-refractivity contribution in [3.05, 3.63) is 41.0 Å². The van der Waals surface area contributed by atoms with Crippen molar-refractivity contribution in [1.82, 2.24) is 14.9 Å². The molecule has 1 atom stereocenters. The van der Waals surface area contributed by atoms with E-state index in [-0.39, 0.29) is 17.9 Å². The minimum atomic E-state index is -0.155. The number of aromatic nitrogens is 2. The highest BCUT2D eigenvalue weighted by Gasteiger charge is 2.31. The minimum absolute atomic E-state index is 0.0238. The fourth-order valence-corrected chi connectivity index (χ4v) is 5.59. The van der Waals surface area contributed by atoms with Crippen LogP contribution in [-0.4, -0.2) is 60.2 Å². The summed E-state index contributed by atoms with van der Waals surface area (Å²) in [7, 11) is 1.87. The van der Waals surface area contributed by atoms with Crippen LogP contribution in [-0.2, 0) is 4.79 Å². The average Bonchev–Trinajstić information content (AvgIpc) is 3.12. The second-order valence-corrected chi connectivity index (χ2v) is 9.84. The van der Waals surface area contributed by atoms with E-state index in [2.05, 4.69) is 28.7 Å². The van der Waals surface area contributed by atoms with Crippen molar-refractivity contribution in [2.75, 3.05) is 38.2 Å². The molecule has 32 heavy (non-hydrogen) atoms. The normalized spacial score (nSPS) is 18.7. The van der Waals surface area contributed by atoms with Gasteiger partial charge in [-0.05, 0) is 44.4 Å². The summed E-state index contributed by atoms with van der Waals surface area (Å²) in [5.74, 6) is 2.72. The van der Waals surface area contributed by atoms with Gasteiger partial charge in [-0.2, -0.15) is 0 Å². The summed E-state index contributed by atoms with van der Waals surface area (Å²) in [6.45, 7) is 6.89. The minimum Gasteiger partial charge on any atom is -0.486 e. The maximum Gasteiger partial charge on any atom is 0.225 e. The monoisotopic (exact) mass is 452 g/mol. The Morgan fingerprint density at radius 3 is 2.72 bits per heavy atom. The summed E-state index contributed by atoms with van der Waals surface area (Å²) in [5.41, 5.74) is 1.26.